The summed E-state index contributed by atoms with van der Waals surface area (Å²) in [5.41, 5.74) is 10.7. The standard InChI is InChI=1S/C17H18ClN3/c1-10(2)21-16-7-4-11(3)8-15(16)20-17(21)13-6-5-12(19)9-14(13)18/h4-10H,19H2,1-3H3. The van der Waals surface area contributed by atoms with E-state index < -0.39 is 0 Å². The van der Waals surface area contributed by atoms with Gasteiger partial charge in [0.2, 0.25) is 0 Å². The Bertz CT molecular complexity index is 818. The number of aryl methyl sites for hydroxylation is 1. The molecule has 0 spiro atoms. The van der Waals surface area contributed by atoms with Crippen LogP contribution in [0.3, 0.4) is 0 Å². The normalized spacial score (nSPS) is 11.5. The van der Waals surface area contributed by atoms with Crippen LogP contribution in [0.25, 0.3) is 22.4 Å². The number of hydrogen-bond donors (Lipinski definition) is 1. The lowest BCUT2D eigenvalue weighted by Gasteiger charge is -2.14. The van der Waals surface area contributed by atoms with E-state index in [-0.39, 0.29) is 0 Å². The Morgan fingerprint density at radius 3 is 2.57 bits per heavy atom. The second-order valence-corrected chi connectivity index (χ2v) is 6.04. The van der Waals surface area contributed by atoms with Crippen molar-refractivity contribution in [3.8, 4) is 11.4 Å². The summed E-state index contributed by atoms with van der Waals surface area (Å²) in [5, 5.41) is 0.629. The van der Waals surface area contributed by atoms with E-state index in [4.69, 9.17) is 22.3 Å². The second kappa shape index (κ2) is 5.08. The molecular formula is C17H18ClN3. The fourth-order valence-corrected chi connectivity index (χ4v) is 2.91. The first-order chi connectivity index (χ1) is 9.97. The summed E-state index contributed by atoms with van der Waals surface area (Å²) in [7, 11) is 0. The summed E-state index contributed by atoms with van der Waals surface area (Å²) in [6.45, 7) is 6.37. The highest BCUT2D eigenvalue weighted by Gasteiger charge is 2.17. The van der Waals surface area contributed by atoms with Gasteiger partial charge in [0, 0.05) is 17.3 Å². The van der Waals surface area contributed by atoms with Crippen molar-refractivity contribution in [2.45, 2.75) is 26.8 Å². The summed E-state index contributed by atoms with van der Waals surface area (Å²) in [4.78, 5) is 4.79. The van der Waals surface area contributed by atoms with E-state index in [1.165, 1.54) is 5.56 Å². The lowest BCUT2D eigenvalue weighted by atomic mass is 10.2. The number of hydrogen-bond acceptors (Lipinski definition) is 2. The molecule has 0 aliphatic heterocycles. The topological polar surface area (TPSA) is 43.8 Å². The Kier molecular flexibility index (Phi) is 3.38. The van der Waals surface area contributed by atoms with E-state index in [0.717, 1.165) is 22.4 Å². The molecule has 0 aliphatic rings. The molecule has 108 valence electrons. The minimum Gasteiger partial charge on any atom is -0.399 e. The number of halogens is 1. The number of benzene rings is 2. The van der Waals surface area contributed by atoms with Gasteiger partial charge >= 0.3 is 0 Å². The first kappa shape index (κ1) is 14.0. The van der Waals surface area contributed by atoms with Gasteiger partial charge in [-0.3, -0.25) is 0 Å². The zero-order chi connectivity index (χ0) is 15.1. The highest BCUT2D eigenvalue weighted by molar-refractivity contribution is 6.33. The molecule has 0 fully saturated rings. The third kappa shape index (κ3) is 2.38. The number of nitrogens with zero attached hydrogens (tertiary/aromatic N) is 2. The van der Waals surface area contributed by atoms with Gasteiger partial charge in [-0.1, -0.05) is 17.7 Å². The Hall–Kier alpha value is -2.00. The van der Waals surface area contributed by atoms with Gasteiger partial charge < -0.3 is 10.3 Å². The zero-order valence-electron chi connectivity index (χ0n) is 12.4. The van der Waals surface area contributed by atoms with E-state index in [0.29, 0.717) is 16.8 Å². The van der Waals surface area contributed by atoms with Crippen LogP contribution >= 0.6 is 11.6 Å². The van der Waals surface area contributed by atoms with Crippen molar-refractivity contribution in [1.82, 2.24) is 9.55 Å². The Balaban J connectivity index is 2.33. The monoisotopic (exact) mass is 299 g/mol. The Morgan fingerprint density at radius 1 is 1.14 bits per heavy atom. The predicted octanol–water partition coefficient (Wildman–Crippen LogP) is 4.83. The van der Waals surface area contributed by atoms with Gasteiger partial charge in [0.15, 0.2) is 0 Å². The molecule has 3 nitrogen and oxygen atoms in total. The molecule has 3 rings (SSSR count). The summed E-state index contributed by atoms with van der Waals surface area (Å²) in [6, 6.07) is 12.2. The molecule has 1 heterocycles. The van der Waals surface area contributed by atoms with Crippen molar-refractivity contribution in [2.24, 2.45) is 0 Å². The van der Waals surface area contributed by atoms with Crippen molar-refractivity contribution in [1.29, 1.82) is 0 Å². The lowest BCUT2D eigenvalue weighted by Crippen LogP contribution is -2.03. The number of fused-ring (bicyclic) bond motifs is 1. The Labute approximate surface area is 129 Å². The minimum atomic E-state index is 0.293. The number of aromatic nitrogens is 2. The van der Waals surface area contributed by atoms with E-state index in [1.807, 2.05) is 12.1 Å². The molecule has 0 saturated heterocycles. The fourth-order valence-electron chi connectivity index (χ4n) is 2.63. The smallest absolute Gasteiger partial charge is 0.142 e. The maximum absolute atomic E-state index is 6.37. The van der Waals surface area contributed by atoms with Crippen LogP contribution in [0, 0.1) is 6.92 Å². The molecule has 4 heteroatoms. The number of nitrogens with two attached hydrogens (primary N) is 1. The third-order valence-electron chi connectivity index (χ3n) is 3.60. The van der Waals surface area contributed by atoms with Crippen LogP contribution in [-0.2, 0) is 0 Å². The number of imidazole rings is 1. The van der Waals surface area contributed by atoms with Crippen molar-refractivity contribution in [3.63, 3.8) is 0 Å². The van der Waals surface area contributed by atoms with Crippen molar-refractivity contribution in [2.75, 3.05) is 5.73 Å². The average Bonchev–Trinajstić information content (AvgIpc) is 2.76. The quantitative estimate of drug-likeness (QED) is 0.689. The Morgan fingerprint density at radius 2 is 1.90 bits per heavy atom. The van der Waals surface area contributed by atoms with Crippen molar-refractivity contribution < 1.29 is 0 Å². The molecule has 0 atom stereocenters. The van der Waals surface area contributed by atoms with E-state index in [2.05, 4.69) is 43.5 Å². The molecule has 2 N–H and O–H groups in total. The van der Waals surface area contributed by atoms with Gasteiger partial charge in [0.05, 0.1) is 16.1 Å². The first-order valence-electron chi connectivity index (χ1n) is 7.01. The minimum absolute atomic E-state index is 0.293. The SMILES string of the molecule is Cc1ccc2c(c1)nc(-c1ccc(N)cc1Cl)n2C(C)C. The maximum Gasteiger partial charge on any atom is 0.142 e. The molecule has 0 radical (unpaired) electrons. The summed E-state index contributed by atoms with van der Waals surface area (Å²) >= 11 is 6.37. The van der Waals surface area contributed by atoms with Gasteiger partial charge in [0.1, 0.15) is 5.82 Å². The number of anilines is 1. The zero-order valence-corrected chi connectivity index (χ0v) is 13.1. The van der Waals surface area contributed by atoms with Crippen LogP contribution in [0.4, 0.5) is 5.69 Å². The first-order valence-corrected chi connectivity index (χ1v) is 7.39. The molecule has 0 aliphatic carbocycles. The summed E-state index contributed by atoms with van der Waals surface area (Å²) in [5.74, 6) is 0.885. The van der Waals surface area contributed by atoms with Gasteiger partial charge in [-0.2, -0.15) is 0 Å². The number of nitrogen functional groups attached to an aromatic ring is 1. The molecule has 3 aromatic rings. The van der Waals surface area contributed by atoms with Crippen LogP contribution in [-0.4, -0.2) is 9.55 Å². The van der Waals surface area contributed by atoms with Crippen LogP contribution in [0.5, 0.6) is 0 Å². The van der Waals surface area contributed by atoms with Crippen LogP contribution in [0.2, 0.25) is 5.02 Å². The van der Waals surface area contributed by atoms with Gasteiger partial charge in [0.25, 0.3) is 0 Å². The van der Waals surface area contributed by atoms with E-state index >= 15 is 0 Å². The average molecular weight is 300 g/mol. The summed E-state index contributed by atoms with van der Waals surface area (Å²) in [6.07, 6.45) is 0. The van der Waals surface area contributed by atoms with E-state index in [9.17, 15) is 0 Å². The molecule has 1 aromatic heterocycles. The van der Waals surface area contributed by atoms with Crippen molar-refractivity contribution in [3.05, 3.63) is 47.0 Å². The maximum atomic E-state index is 6.37. The summed E-state index contributed by atoms with van der Waals surface area (Å²) < 4.78 is 2.21. The molecule has 0 bridgehead atoms. The van der Waals surface area contributed by atoms with Crippen LogP contribution < -0.4 is 5.73 Å². The largest absolute Gasteiger partial charge is 0.399 e. The van der Waals surface area contributed by atoms with Gasteiger partial charge in [-0.25, -0.2) is 4.98 Å². The fraction of sp³-hybridized carbons (Fsp3) is 0.235. The molecule has 0 amide bonds. The lowest BCUT2D eigenvalue weighted by molar-refractivity contribution is 0.624. The molecule has 2 aromatic carbocycles. The third-order valence-corrected chi connectivity index (χ3v) is 3.91. The van der Waals surface area contributed by atoms with Crippen LogP contribution in [0.1, 0.15) is 25.5 Å². The molecule has 0 unspecified atom stereocenters. The second-order valence-electron chi connectivity index (χ2n) is 5.63. The van der Waals surface area contributed by atoms with Crippen molar-refractivity contribution >= 4 is 28.3 Å². The van der Waals surface area contributed by atoms with Gasteiger partial charge in [-0.15, -0.1) is 0 Å². The molecule has 0 saturated carbocycles. The number of rotatable bonds is 2. The van der Waals surface area contributed by atoms with E-state index in [1.54, 1.807) is 6.07 Å². The van der Waals surface area contributed by atoms with Crippen LogP contribution in [0.15, 0.2) is 36.4 Å². The van der Waals surface area contributed by atoms with Gasteiger partial charge in [-0.05, 0) is 56.7 Å². The molecular weight excluding hydrogens is 282 g/mol. The highest BCUT2D eigenvalue weighted by Crippen LogP contribution is 2.33. The highest BCUT2D eigenvalue weighted by atomic mass is 35.5. The molecule has 21 heavy (non-hydrogen) atoms. The predicted molar refractivity (Wildman–Crippen MR) is 89.7 cm³/mol.